The quantitative estimate of drug-likeness (QED) is 0.420. The van der Waals surface area contributed by atoms with E-state index in [1.165, 1.54) is 10.4 Å². The van der Waals surface area contributed by atoms with Crippen molar-refractivity contribution in [3.8, 4) is 0 Å². The Balaban J connectivity index is 1.62. The third-order valence-corrected chi connectivity index (χ3v) is 7.54. The lowest BCUT2D eigenvalue weighted by molar-refractivity contribution is 0.0410. The van der Waals surface area contributed by atoms with E-state index in [0.717, 1.165) is 73.2 Å². The molecule has 1 aliphatic heterocycles. The Labute approximate surface area is 168 Å². The first kappa shape index (κ1) is 19.2. The molecule has 1 fully saturated rings. The molecule has 0 amide bonds. The highest BCUT2D eigenvalue weighted by atomic mass is 32.2. The highest BCUT2D eigenvalue weighted by Gasteiger charge is 2.24. The van der Waals surface area contributed by atoms with Crippen molar-refractivity contribution in [3.63, 3.8) is 0 Å². The molecular formula is C20H27N3O2S2. The fraction of sp³-hybridized carbons (Fsp3) is 0.600. The Hall–Kier alpha value is -1.15. The van der Waals surface area contributed by atoms with Gasteiger partial charge in [-0.2, -0.15) is 0 Å². The summed E-state index contributed by atoms with van der Waals surface area (Å²) >= 11 is 3.41. The summed E-state index contributed by atoms with van der Waals surface area (Å²) in [5.41, 5.74) is 1.37. The molecule has 0 bridgehead atoms. The fourth-order valence-electron chi connectivity index (χ4n) is 3.90. The summed E-state index contributed by atoms with van der Waals surface area (Å²) in [6, 6.07) is 0. The first-order valence-electron chi connectivity index (χ1n) is 9.76. The SMILES string of the molecule is C=CCn1c(SCCN2CCOCC2)nc2sc3c(c2c1=O)CCC(C)C3. The van der Waals surface area contributed by atoms with Crippen molar-refractivity contribution in [2.45, 2.75) is 37.9 Å². The molecule has 0 N–H and O–H groups in total. The Morgan fingerprint density at radius 3 is 3.00 bits per heavy atom. The second-order valence-electron chi connectivity index (χ2n) is 7.43. The lowest BCUT2D eigenvalue weighted by atomic mass is 9.89. The lowest BCUT2D eigenvalue weighted by Gasteiger charge is -2.26. The maximum absolute atomic E-state index is 13.3. The van der Waals surface area contributed by atoms with Crippen LogP contribution in [0.5, 0.6) is 0 Å². The number of fused-ring (bicyclic) bond motifs is 3. The molecule has 5 nitrogen and oxygen atoms in total. The number of thioether (sulfide) groups is 1. The molecule has 0 aromatic carbocycles. The molecule has 27 heavy (non-hydrogen) atoms. The maximum atomic E-state index is 13.3. The molecule has 0 radical (unpaired) electrons. The zero-order valence-corrected chi connectivity index (χ0v) is 17.5. The van der Waals surface area contributed by atoms with Crippen LogP contribution in [0.4, 0.5) is 0 Å². The summed E-state index contributed by atoms with van der Waals surface area (Å²) in [6.45, 7) is 11.3. The van der Waals surface area contributed by atoms with Gasteiger partial charge >= 0.3 is 0 Å². The van der Waals surface area contributed by atoms with Crippen LogP contribution in [0.2, 0.25) is 0 Å². The summed E-state index contributed by atoms with van der Waals surface area (Å²) in [7, 11) is 0. The minimum absolute atomic E-state index is 0.112. The number of hydrogen-bond donors (Lipinski definition) is 0. The van der Waals surface area contributed by atoms with Gasteiger partial charge in [-0.25, -0.2) is 4.98 Å². The molecule has 7 heteroatoms. The van der Waals surface area contributed by atoms with Gasteiger partial charge in [0.05, 0.1) is 18.6 Å². The van der Waals surface area contributed by atoms with Crippen LogP contribution in [0.15, 0.2) is 22.6 Å². The molecule has 0 spiro atoms. The van der Waals surface area contributed by atoms with Crippen LogP contribution in [0, 0.1) is 5.92 Å². The van der Waals surface area contributed by atoms with Gasteiger partial charge in [0.15, 0.2) is 5.16 Å². The van der Waals surface area contributed by atoms with E-state index < -0.39 is 0 Å². The van der Waals surface area contributed by atoms with Gasteiger partial charge in [0.2, 0.25) is 0 Å². The molecule has 0 saturated carbocycles. The lowest BCUT2D eigenvalue weighted by Crippen LogP contribution is -2.37. The molecule has 4 rings (SSSR count). The van der Waals surface area contributed by atoms with Gasteiger partial charge in [0.1, 0.15) is 4.83 Å². The van der Waals surface area contributed by atoms with Crippen LogP contribution >= 0.6 is 23.1 Å². The van der Waals surface area contributed by atoms with Gasteiger partial charge in [-0.3, -0.25) is 14.3 Å². The molecule has 1 atom stereocenters. The zero-order valence-electron chi connectivity index (χ0n) is 15.9. The van der Waals surface area contributed by atoms with Crippen molar-refractivity contribution in [2.75, 3.05) is 38.6 Å². The second kappa shape index (κ2) is 8.47. The normalized spacial score (nSPS) is 20.7. The summed E-state index contributed by atoms with van der Waals surface area (Å²) in [5, 5.41) is 1.69. The number of thiophene rings is 1. The molecule has 1 unspecified atom stereocenters. The summed E-state index contributed by atoms with van der Waals surface area (Å²) in [4.78, 5) is 22.9. The number of nitrogens with zero attached hydrogens (tertiary/aromatic N) is 3. The average Bonchev–Trinajstić information content (AvgIpc) is 3.03. The number of hydrogen-bond acceptors (Lipinski definition) is 6. The van der Waals surface area contributed by atoms with Crippen LogP contribution in [-0.4, -0.2) is 53.1 Å². The molecule has 2 aromatic heterocycles. The number of aromatic nitrogens is 2. The first-order valence-corrected chi connectivity index (χ1v) is 11.6. The van der Waals surface area contributed by atoms with Crippen molar-refractivity contribution in [1.29, 1.82) is 0 Å². The van der Waals surface area contributed by atoms with E-state index in [1.807, 2.05) is 4.57 Å². The van der Waals surface area contributed by atoms with Gasteiger partial charge in [-0.05, 0) is 30.7 Å². The third-order valence-electron chi connectivity index (χ3n) is 5.43. The van der Waals surface area contributed by atoms with Gasteiger partial charge < -0.3 is 4.74 Å². The number of aryl methyl sites for hydroxylation is 1. The highest BCUT2D eigenvalue weighted by Crippen LogP contribution is 2.36. The molecule has 1 aliphatic carbocycles. The van der Waals surface area contributed by atoms with Crippen LogP contribution < -0.4 is 5.56 Å². The van der Waals surface area contributed by atoms with Crippen LogP contribution in [0.1, 0.15) is 23.8 Å². The molecule has 2 aliphatic rings. The van der Waals surface area contributed by atoms with Crippen LogP contribution in [0.25, 0.3) is 10.2 Å². The molecule has 146 valence electrons. The molecule has 2 aromatic rings. The van der Waals surface area contributed by atoms with Crippen molar-refractivity contribution in [1.82, 2.24) is 14.5 Å². The molecule has 3 heterocycles. The Bertz CT molecular complexity index is 883. The monoisotopic (exact) mass is 405 g/mol. The molecule has 1 saturated heterocycles. The average molecular weight is 406 g/mol. The first-order chi connectivity index (χ1) is 13.2. The standard InChI is InChI=1S/C20H27N3O2S2/c1-3-6-23-19(24)17-15-5-4-14(2)13-16(15)27-18(17)21-20(23)26-12-9-22-7-10-25-11-8-22/h3,14H,1,4-13H2,2H3. The smallest absolute Gasteiger partial charge is 0.263 e. The van der Waals surface area contributed by atoms with E-state index in [9.17, 15) is 4.79 Å². The van der Waals surface area contributed by atoms with E-state index in [1.54, 1.807) is 29.2 Å². The Morgan fingerprint density at radius 2 is 2.22 bits per heavy atom. The largest absolute Gasteiger partial charge is 0.379 e. The van der Waals surface area contributed by atoms with Crippen molar-refractivity contribution in [3.05, 3.63) is 33.4 Å². The summed E-state index contributed by atoms with van der Waals surface area (Å²) < 4.78 is 7.22. The predicted molar refractivity (Wildman–Crippen MR) is 113 cm³/mol. The topological polar surface area (TPSA) is 47.4 Å². The van der Waals surface area contributed by atoms with E-state index in [2.05, 4.69) is 18.4 Å². The molecular weight excluding hydrogens is 378 g/mol. The minimum atomic E-state index is 0.112. The van der Waals surface area contributed by atoms with Gasteiger partial charge in [0, 0.05) is 36.8 Å². The van der Waals surface area contributed by atoms with Crippen molar-refractivity contribution >= 4 is 33.3 Å². The van der Waals surface area contributed by atoms with Gasteiger partial charge in [-0.15, -0.1) is 17.9 Å². The Kier molecular flexibility index (Phi) is 6.02. The van der Waals surface area contributed by atoms with E-state index in [-0.39, 0.29) is 5.56 Å². The number of rotatable bonds is 6. The van der Waals surface area contributed by atoms with Crippen LogP contribution in [-0.2, 0) is 24.1 Å². The fourth-order valence-corrected chi connectivity index (χ4v) is 6.33. The number of allylic oxidation sites excluding steroid dienone is 1. The van der Waals surface area contributed by atoms with E-state index in [0.29, 0.717) is 12.5 Å². The summed E-state index contributed by atoms with van der Waals surface area (Å²) in [6.07, 6.45) is 5.04. The number of morpholine rings is 1. The minimum Gasteiger partial charge on any atom is -0.379 e. The zero-order chi connectivity index (χ0) is 18.8. The van der Waals surface area contributed by atoms with E-state index in [4.69, 9.17) is 9.72 Å². The second-order valence-corrected chi connectivity index (χ2v) is 9.58. The highest BCUT2D eigenvalue weighted by molar-refractivity contribution is 7.99. The van der Waals surface area contributed by atoms with Crippen LogP contribution in [0.3, 0.4) is 0 Å². The van der Waals surface area contributed by atoms with Crippen molar-refractivity contribution in [2.24, 2.45) is 5.92 Å². The predicted octanol–water partition coefficient (Wildman–Crippen LogP) is 3.19. The van der Waals surface area contributed by atoms with Gasteiger partial charge in [-0.1, -0.05) is 24.8 Å². The Morgan fingerprint density at radius 1 is 1.41 bits per heavy atom. The van der Waals surface area contributed by atoms with Crippen molar-refractivity contribution < 1.29 is 4.74 Å². The van der Waals surface area contributed by atoms with E-state index >= 15 is 0 Å². The maximum Gasteiger partial charge on any atom is 0.263 e. The van der Waals surface area contributed by atoms with Gasteiger partial charge in [0.25, 0.3) is 5.56 Å². The third kappa shape index (κ3) is 4.01. The summed E-state index contributed by atoms with van der Waals surface area (Å²) in [5.74, 6) is 1.63. The number of ether oxygens (including phenoxy) is 1.